The Balaban J connectivity index is 1.44. The van der Waals surface area contributed by atoms with Gasteiger partial charge in [0.1, 0.15) is 23.6 Å². The van der Waals surface area contributed by atoms with Crippen LogP contribution in [0.3, 0.4) is 0 Å². The summed E-state index contributed by atoms with van der Waals surface area (Å²) in [5.74, 6) is 0.912. The van der Waals surface area contributed by atoms with Gasteiger partial charge in [-0.25, -0.2) is 9.78 Å². The molecule has 0 atom stereocenters. The fraction of sp³-hybridized carbons (Fsp3) is 0.579. The molecule has 0 saturated carbocycles. The van der Waals surface area contributed by atoms with Crippen LogP contribution in [0, 0.1) is 0 Å². The third kappa shape index (κ3) is 3.21. The normalized spacial score (nSPS) is 20.7. The largest absolute Gasteiger partial charge is 0.489 e. The second-order valence-electron chi connectivity index (χ2n) is 7.38. The molecule has 0 spiro atoms. The van der Waals surface area contributed by atoms with E-state index in [0.717, 1.165) is 46.4 Å². The molecule has 0 unspecified atom stereocenters. The summed E-state index contributed by atoms with van der Waals surface area (Å²) >= 11 is 1.58. The van der Waals surface area contributed by atoms with Crippen LogP contribution >= 0.6 is 11.3 Å². The Bertz CT molecular complexity index is 848. The Morgan fingerprint density at radius 3 is 2.81 bits per heavy atom. The van der Waals surface area contributed by atoms with Crippen LogP contribution in [0.2, 0.25) is 0 Å². The predicted molar refractivity (Wildman–Crippen MR) is 108 cm³/mol. The number of amides is 2. The number of urea groups is 1. The Labute approximate surface area is 162 Å². The average molecular weight is 388 g/mol. The molecule has 2 aromatic rings. The highest BCUT2D eigenvalue weighted by molar-refractivity contribution is 7.22. The van der Waals surface area contributed by atoms with Crippen molar-refractivity contribution in [3.63, 3.8) is 0 Å². The first-order valence-corrected chi connectivity index (χ1v) is 10.7. The average Bonchev–Trinajstić information content (AvgIpc) is 3.32. The summed E-state index contributed by atoms with van der Waals surface area (Å²) in [5, 5.41) is 3.63. The quantitative estimate of drug-likeness (QED) is 0.874. The molecule has 0 aliphatic carbocycles. The van der Waals surface area contributed by atoms with Gasteiger partial charge in [-0.2, -0.15) is 0 Å². The first-order chi connectivity index (χ1) is 13.3. The number of hydrogen-bond donors (Lipinski definition) is 1. The second kappa shape index (κ2) is 7.16. The van der Waals surface area contributed by atoms with E-state index in [1.54, 1.807) is 16.2 Å². The molecule has 144 valence electrons. The van der Waals surface area contributed by atoms with Crippen molar-refractivity contribution >= 4 is 38.4 Å². The highest BCUT2D eigenvalue weighted by Crippen LogP contribution is 2.42. The number of benzene rings is 1. The van der Waals surface area contributed by atoms with E-state index < -0.39 is 0 Å². The van der Waals surface area contributed by atoms with Gasteiger partial charge in [-0.1, -0.05) is 17.8 Å². The van der Waals surface area contributed by atoms with Gasteiger partial charge >= 0.3 is 6.03 Å². The minimum Gasteiger partial charge on any atom is -0.489 e. The molecule has 7 nitrogen and oxygen atoms in total. The molecular formula is C19H25N5O2S. The van der Waals surface area contributed by atoms with Gasteiger partial charge in [-0.15, -0.1) is 0 Å². The number of rotatable bonds is 4. The lowest BCUT2D eigenvalue weighted by atomic mass is 10.1. The number of fused-ring (bicyclic) bond motifs is 3. The smallest absolute Gasteiger partial charge is 0.323 e. The van der Waals surface area contributed by atoms with Crippen LogP contribution in [0.1, 0.15) is 19.3 Å². The second-order valence-corrected chi connectivity index (χ2v) is 8.39. The number of nitrogens with one attached hydrogen (secondary N) is 1. The number of aromatic nitrogens is 1. The molecule has 0 radical (unpaired) electrons. The van der Waals surface area contributed by atoms with Gasteiger partial charge in [0.25, 0.3) is 0 Å². The number of piperidine rings is 1. The van der Waals surface area contributed by atoms with Crippen molar-refractivity contribution in [1.82, 2.24) is 15.2 Å². The van der Waals surface area contributed by atoms with E-state index in [1.807, 2.05) is 0 Å². The third-order valence-electron chi connectivity index (χ3n) is 5.64. The summed E-state index contributed by atoms with van der Waals surface area (Å²) in [6.45, 7) is 7.46. The topological polar surface area (TPSA) is 60.9 Å². The first kappa shape index (κ1) is 17.1. The van der Waals surface area contributed by atoms with Crippen molar-refractivity contribution in [2.24, 2.45) is 0 Å². The Hall–Kier alpha value is -2.06. The van der Waals surface area contributed by atoms with Gasteiger partial charge in [0.05, 0.1) is 11.2 Å². The van der Waals surface area contributed by atoms with Crippen LogP contribution in [0.4, 0.5) is 15.6 Å². The van der Waals surface area contributed by atoms with E-state index in [4.69, 9.17) is 9.72 Å². The summed E-state index contributed by atoms with van der Waals surface area (Å²) in [6.07, 6.45) is 4.00. The van der Waals surface area contributed by atoms with E-state index in [9.17, 15) is 4.79 Å². The maximum absolute atomic E-state index is 12.0. The lowest BCUT2D eigenvalue weighted by molar-refractivity contribution is 0.229. The Morgan fingerprint density at radius 1 is 1.11 bits per heavy atom. The number of ether oxygens (including phenoxy) is 1. The number of nitrogens with zero attached hydrogens (tertiary/aromatic N) is 4. The van der Waals surface area contributed by atoms with Crippen LogP contribution < -0.4 is 19.9 Å². The van der Waals surface area contributed by atoms with E-state index in [0.29, 0.717) is 19.7 Å². The zero-order valence-corrected chi connectivity index (χ0v) is 16.3. The van der Waals surface area contributed by atoms with Crippen molar-refractivity contribution < 1.29 is 9.53 Å². The first-order valence-electron chi connectivity index (χ1n) is 9.88. The van der Waals surface area contributed by atoms with E-state index in [2.05, 4.69) is 27.2 Å². The number of anilines is 2. The zero-order valence-electron chi connectivity index (χ0n) is 15.4. The molecule has 8 heteroatoms. The van der Waals surface area contributed by atoms with Crippen LogP contribution in [0.15, 0.2) is 12.1 Å². The van der Waals surface area contributed by atoms with Crippen molar-refractivity contribution in [3.8, 4) is 5.75 Å². The lowest BCUT2D eigenvalue weighted by Gasteiger charge is -2.34. The van der Waals surface area contributed by atoms with Gasteiger partial charge in [-0.3, -0.25) is 4.90 Å². The van der Waals surface area contributed by atoms with Crippen LogP contribution in [0.25, 0.3) is 10.2 Å². The third-order valence-corrected chi connectivity index (χ3v) is 6.69. The molecule has 3 aliphatic heterocycles. The highest BCUT2D eigenvalue weighted by Gasteiger charge is 2.28. The van der Waals surface area contributed by atoms with E-state index in [1.165, 1.54) is 32.4 Å². The van der Waals surface area contributed by atoms with Crippen LogP contribution in [-0.2, 0) is 0 Å². The molecule has 1 aromatic heterocycles. The standard InChI is InChI=1S/C19H25N5O2S/c25-18-20-6-9-24(18)19-21-16-15(27-19)5-4-14-17(16)23(12-13-26-14)11-10-22-7-2-1-3-8-22/h4-5H,1-3,6-13H2,(H,20,25). The molecule has 5 rings (SSSR count). The number of likely N-dealkylation sites (tertiary alicyclic amines) is 1. The minimum atomic E-state index is -0.0545. The van der Waals surface area contributed by atoms with Crippen molar-refractivity contribution in [2.45, 2.75) is 19.3 Å². The van der Waals surface area contributed by atoms with Crippen LogP contribution in [0.5, 0.6) is 5.75 Å². The predicted octanol–water partition coefficient (Wildman–Crippen LogP) is 2.51. The van der Waals surface area contributed by atoms with Crippen molar-refractivity contribution in [3.05, 3.63) is 12.1 Å². The maximum atomic E-state index is 12.0. The Morgan fingerprint density at radius 2 is 2.00 bits per heavy atom. The molecular weight excluding hydrogens is 362 g/mol. The lowest BCUT2D eigenvalue weighted by Crippen LogP contribution is -2.41. The van der Waals surface area contributed by atoms with Gasteiger partial charge in [0.2, 0.25) is 0 Å². The summed E-state index contributed by atoms with van der Waals surface area (Å²) < 4.78 is 7.03. The summed E-state index contributed by atoms with van der Waals surface area (Å²) in [5.41, 5.74) is 2.06. The van der Waals surface area contributed by atoms with Crippen molar-refractivity contribution in [2.75, 3.05) is 62.2 Å². The van der Waals surface area contributed by atoms with Gasteiger partial charge in [-0.05, 0) is 38.1 Å². The summed E-state index contributed by atoms with van der Waals surface area (Å²) in [6, 6.07) is 4.06. The number of carbonyl (C=O) groups excluding carboxylic acids is 1. The molecule has 3 aliphatic rings. The highest BCUT2D eigenvalue weighted by atomic mass is 32.1. The zero-order chi connectivity index (χ0) is 18.2. The van der Waals surface area contributed by atoms with Gasteiger partial charge in [0, 0.05) is 26.2 Å². The van der Waals surface area contributed by atoms with Crippen LogP contribution in [-0.4, -0.2) is 68.3 Å². The van der Waals surface area contributed by atoms with Gasteiger partial charge in [0.15, 0.2) is 5.13 Å². The maximum Gasteiger partial charge on any atom is 0.323 e. The summed E-state index contributed by atoms with van der Waals surface area (Å²) in [7, 11) is 0. The molecule has 2 saturated heterocycles. The molecule has 1 N–H and O–H groups in total. The molecule has 0 bridgehead atoms. The number of carbonyl (C=O) groups is 1. The molecule has 27 heavy (non-hydrogen) atoms. The van der Waals surface area contributed by atoms with E-state index in [-0.39, 0.29) is 6.03 Å². The Kier molecular flexibility index (Phi) is 4.53. The number of hydrogen-bond acceptors (Lipinski definition) is 6. The molecule has 4 heterocycles. The monoisotopic (exact) mass is 387 g/mol. The molecule has 1 aromatic carbocycles. The summed E-state index contributed by atoms with van der Waals surface area (Å²) in [4.78, 5) is 23.6. The number of thiazole rings is 1. The van der Waals surface area contributed by atoms with Crippen molar-refractivity contribution in [1.29, 1.82) is 0 Å². The SMILES string of the molecule is O=C1NCCN1c1nc2c3c(ccc2s1)OCCN3CCN1CCCCC1. The van der Waals surface area contributed by atoms with E-state index >= 15 is 0 Å². The molecule has 2 fully saturated rings. The minimum absolute atomic E-state index is 0.0545. The fourth-order valence-electron chi connectivity index (χ4n) is 4.19. The van der Waals surface area contributed by atoms with Gasteiger partial charge < -0.3 is 19.9 Å². The molecule has 2 amide bonds. The fourth-order valence-corrected chi connectivity index (χ4v) is 5.18.